The molecule has 0 spiro atoms. The van der Waals surface area contributed by atoms with Gasteiger partial charge in [0, 0.05) is 32.2 Å². The number of benzene rings is 3. The molecule has 0 saturated heterocycles. The molecule has 33 heavy (non-hydrogen) atoms. The van der Waals surface area contributed by atoms with Crippen LogP contribution in [-0.4, -0.2) is 31.4 Å². The van der Waals surface area contributed by atoms with E-state index in [1.165, 1.54) is 30.5 Å². The molecule has 6 nitrogen and oxygen atoms in total. The first kappa shape index (κ1) is 25.5. The van der Waals surface area contributed by atoms with Gasteiger partial charge < -0.3 is 0 Å². The molecule has 0 bridgehead atoms. The molecule has 3 aromatic rings. The van der Waals surface area contributed by atoms with Gasteiger partial charge in [0.2, 0.25) is 10.0 Å². The van der Waals surface area contributed by atoms with Crippen molar-refractivity contribution in [2.45, 2.75) is 11.4 Å². The van der Waals surface area contributed by atoms with Crippen LogP contribution in [0.2, 0.25) is 20.1 Å². The first-order valence-electron chi connectivity index (χ1n) is 9.43. The lowest BCUT2D eigenvalue weighted by molar-refractivity contribution is -0.121. The van der Waals surface area contributed by atoms with Gasteiger partial charge in [-0.15, -0.1) is 0 Å². The highest BCUT2D eigenvalue weighted by atomic mass is 35.5. The Morgan fingerprint density at radius 1 is 0.879 bits per heavy atom. The van der Waals surface area contributed by atoms with E-state index in [0.717, 1.165) is 4.31 Å². The lowest BCUT2D eigenvalue weighted by Gasteiger charge is -2.22. The lowest BCUT2D eigenvalue weighted by Crippen LogP contribution is -2.39. The smallest absolute Gasteiger partial charge is 0.255 e. The largest absolute Gasteiger partial charge is 0.272 e. The number of carbonyl (C=O) groups is 1. The van der Waals surface area contributed by atoms with Gasteiger partial charge in [-0.1, -0.05) is 64.6 Å². The van der Waals surface area contributed by atoms with E-state index in [1.54, 1.807) is 42.5 Å². The highest BCUT2D eigenvalue weighted by Gasteiger charge is 2.28. The predicted molar refractivity (Wildman–Crippen MR) is 133 cm³/mol. The maximum atomic E-state index is 13.3. The summed E-state index contributed by atoms with van der Waals surface area (Å²) in [5, 5.41) is 5.38. The van der Waals surface area contributed by atoms with E-state index in [-0.39, 0.29) is 21.5 Å². The fourth-order valence-corrected chi connectivity index (χ4v) is 4.90. The first-order valence-corrected chi connectivity index (χ1v) is 12.4. The summed E-state index contributed by atoms with van der Waals surface area (Å²) in [4.78, 5) is 12.5. The Kier molecular flexibility index (Phi) is 8.75. The van der Waals surface area contributed by atoms with Crippen molar-refractivity contribution in [1.82, 2.24) is 9.73 Å². The quantitative estimate of drug-likeness (QED) is 0.294. The zero-order chi connectivity index (χ0) is 24.0. The van der Waals surface area contributed by atoms with Gasteiger partial charge in [0.15, 0.2) is 0 Å². The van der Waals surface area contributed by atoms with Crippen LogP contribution in [0.15, 0.2) is 76.7 Å². The summed E-state index contributed by atoms with van der Waals surface area (Å²) in [5.74, 6) is -0.652. The van der Waals surface area contributed by atoms with Crippen molar-refractivity contribution in [3.05, 3.63) is 97.9 Å². The van der Waals surface area contributed by atoms with Gasteiger partial charge in [-0.25, -0.2) is 13.8 Å². The average Bonchev–Trinajstić information content (AvgIpc) is 2.77. The Hall–Kier alpha value is -2.13. The van der Waals surface area contributed by atoms with E-state index in [9.17, 15) is 13.2 Å². The van der Waals surface area contributed by atoms with Gasteiger partial charge in [-0.3, -0.25) is 4.79 Å². The second kappa shape index (κ2) is 11.3. The first-order chi connectivity index (χ1) is 15.7. The van der Waals surface area contributed by atoms with Crippen LogP contribution in [-0.2, 0) is 21.4 Å². The molecule has 0 heterocycles. The van der Waals surface area contributed by atoms with E-state index in [2.05, 4.69) is 10.5 Å². The number of carbonyl (C=O) groups excluding carboxylic acids is 1. The van der Waals surface area contributed by atoms with Gasteiger partial charge >= 0.3 is 0 Å². The fraction of sp³-hybridized carbons (Fsp3) is 0.0909. The molecule has 0 aliphatic rings. The Balaban J connectivity index is 1.84. The fourth-order valence-electron chi connectivity index (χ4n) is 2.76. The maximum absolute atomic E-state index is 13.3. The average molecular weight is 545 g/mol. The van der Waals surface area contributed by atoms with Crippen LogP contribution in [0.4, 0.5) is 0 Å². The van der Waals surface area contributed by atoms with E-state index < -0.39 is 22.5 Å². The summed E-state index contributed by atoms with van der Waals surface area (Å²) in [6.45, 7) is -0.748. The second-order valence-corrected chi connectivity index (χ2v) is 10.4. The van der Waals surface area contributed by atoms with Gasteiger partial charge in [-0.2, -0.15) is 9.41 Å². The Morgan fingerprint density at radius 2 is 1.42 bits per heavy atom. The minimum absolute atomic E-state index is 0.0347. The van der Waals surface area contributed by atoms with E-state index >= 15 is 0 Å². The van der Waals surface area contributed by atoms with Crippen LogP contribution in [0.3, 0.4) is 0 Å². The Bertz CT molecular complexity index is 1240. The maximum Gasteiger partial charge on any atom is 0.255 e. The van der Waals surface area contributed by atoms with E-state index in [0.29, 0.717) is 21.2 Å². The third-order valence-corrected chi connectivity index (χ3v) is 7.46. The molecule has 1 amide bonds. The molecule has 0 saturated carbocycles. The van der Waals surface area contributed by atoms with Crippen LogP contribution >= 0.6 is 46.4 Å². The SMILES string of the molecule is O=C(CN(Cc1c(Cl)cccc1Cl)S(=O)(=O)c1ccc(Cl)cc1)N/N=C\c1ccc(Cl)cc1. The monoisotopic (exact) mass is 543 g/mol. The van der Waals surface area contributed by atoms with Crippen molar-refractivity contribution in [2.75, 3.05) is 6.54 Å². The minimum Gasteiger partial charge on any atom is -0.272 e. The molecule has 3 aromatic carbocycles. The number of hydrogen-bond donors (Lipinski definition) is 1. The van der Waals surface area contributed by atoms with Crippen molar-refractivity contribution in [1.29, 1.82) is 0 Å². The Morgan fingerprint density at radius 3 is 2.00 bits per heavy atom. The van der Waals surface area contributed by atoms with E-state index in [1.807, 2.05) is 0 Å². The topological polar surface area (TPSA) is 78.8 Å². The van der Waals surface area contributed by atoms with Gasteiger partial charge in [0.25, 0.3) is 5.91 Å². The highest BCUT2D eigenvalue weighted by molar-refractivity contribution is 7.89. The lowest BCUT2D eigenvalue weighted by atomic mass is 10.2. The van der Waals surface area contributed by atoms with Crippen LogP contribution in [0.25, 0.3) is 0 Å². The number of hydrogen-bond acceptors (Lipinski definition) is 4. The third kappa shape index (κ3) is 6.93. The van der Waals surface area contributed by atoms with Crippen molar-refractivity contribution < 1.29 is 13.2 Å². The summed E-state index contributed by atoms with van der Waals surface area (Å²) >= 11 is 24.2. The molecule has 1 N–H and O–H groups in total. The van der Waals surface area contributed by atoms with Crippen LogP contribution in [0, 0.1) is 0 Å². The summed E-state index contributed by atoms with van der Waals surface area (Å²) in [6, 6.07) is 17.2. The van der Waals surface area contributed by atoms with Crippen molar-refractivity contribution in [3.63, 3.8) is 0 Å². The van der Waals surface area contributed by atoms with Crippen molar-refractivity contribution >= 4 is 68.5 Å². The molecule has 0 aliphatic heterocycles. The zero-order valence-corrected chi connectivity index (χ0v) is 20.7. The molecule has 3 rings (SSSR count). The van der Waals surface area contributed by atoms with Gasteiger partial charge in [0.1, 0.15) is 0 Å². The summed E-state index contributed by atoms with van der Waals surface area (Å²) < 4.78 is 27.6. The van der Waals surface area contributed by atoms with Crippen LogP contribution in [0.1, 0.15) is 11.1 Å². The molecule has 0 aliphatic carbocycles. The van der Waals surface area contributed by atoms with E-state index in [4.69, 9.17) is 46.4 Å². The summed E-state index contributed by atoms with van der Waals surface area (Å²) in [6.07, 6.45) is 1.41. The van der Waals surface area contributed by atoms with Crippen molar-refractivity contribution in [3.8, 4) is 0 Å². The molecule has 172 valence electrons. The van der Waals surface area contributed by atoms with Crippen molar-refractivity contribution in [2.24, 2.45) is 5.10 Å². The summed E-state index contributed by atoms with van der Waals surface area (Å²) in [5.41, 5.74) is 3.40. The summed E-state index contributed by atoms with van der Waals surface area (Å²) in [7, 11) is -4.10. The molecular weight excluding hydrogens is 528 g/mol. The second-order valence-electron chi connectivity index (χ2n) is 6.77. The molecule has 11 heteroatoms. The number of rotatable bonds is 8. The number of hydrazone groups is 1. The zero-order valence-electron chi connectivity index (χ0n) is 16.9. The van der Waals surface area contributed by atoms with Crippen LogP contribution in [0.5, 0.6) is 0 Å². The number of amides is 1. The molecule has 0 unspecified atom stereocenters. The van der Waals surface area contributed by atoms with Gasteiger partial charge in [0.05, 0.1) is 17.7 Å². The predicted octanol–water partition coefficient (Wildman–Crippen LogP) is 5.64. The number of sulfonamides is 1. The minimum atomic E-state index is -4.10. The Labute approximate surface area is 211 Å². The molecule has 0 aromatic heterocycles. The molecule has 0 radical (unpaired) electrons. The molecule has 0 fully saturated rings. The van der Waals surface area contributed by atoms with Gasteiger partial charge in [-0.05, 0) is 54.1 Å². The molecule has 0 atom stereocenters. The normalized spacial score (nSPS) is 11.8. The number of halogens is 4. The highest BCUT2D eigenvalue weighted by Crippen LogP contribution is 2.28. The third-order valence-electron chi connectivity index (χ3n) is 4.44. The standard InChI is InChI=1S/C22H17Cl4N3O3S/c23-16-6-4-15(5-7-16)12-27-28-22(30)14-29(13-19-20(25)2-1-3-21(19)26)33(31,32)18-10-8-17(24)9-11-18/h1-12H,13-14H2,(H,28,30)/b27-12-. The van der Waals surface area contributed by atoms with Crippen LogP contribution < -0.4 is 5.43 Å². The molecular formula is C22H17Cl4N3O3S. The number of nitrogens with one attached hydrogen (secondary N) is 1. The number of nitrogens with zero attached hydrogens (tertiary/aromatic N) is 2.